The molecule has 0 aliphatic rings. The number of benzene rings is 2. The van der Waals surface area contributed by atoms with E-state index in [0.717, 1.165) is 41.4 Å². The Bertz CT molecular complexity index is 964. The molecule has 0 aliphatic carbocycles. The normalized spacial score (nSPS) is 10.8. The Morgan fingerprint density at radius 1 is 1.04 bits per heavy atom. The summed E-state index contributed by atoms with van der Waals surface area (Å²) in [6.45, 7) is 1.47. The Morgan fingerprint density at radius 3 is 2.81 bits per heavy atom. The van der Waals surface area contributed by atoms with Crippen LogP contribution in [0.5, 0.6) is 5.75 Å². The van der Waals surface area contributed by atoms with Gasteiger partial charge in [0.2, 0.25) is 0 Å². The first kappa shape index (κ1) is 17.5. The van der Waals surface area contributed by atoms with Crippen LogP contribution in [0.3, 0.4) is 0 Å². The molecule has 136 valence electrons. The summed E-state index contributed by atoms with van der Waals surface area (Å²) >= 11 is 1.65. The number of rotatable bonds is 8. The van der Waals surface area contributed by atoms with Gasteiger partial charge >= 0.3 is 0 Å². The van der Waals surface area contributed by atoms with Gasteiger partial charge in [0.15, 0.2) is 0 Å². The minimum absolute atomic E-state index is 0.488. The average Bonchev–Trinajstić information content (AvgIpc) is 3.40. The second-order valence-electron chi connectivity index (χ2n) is 6.35. The van der Waals surface area contributed by atoms with E-state index in [0.29, 0.717) is 6.61 Å². The van der Waals surface area contributed by atoms with Crippen LogP contribution in [0.4, 0.5) is 0 Å². The molecule has 0 unspecified atom stereocenters. The van der Waals surface area contributed by atoms with E-state index in [4.69, 9.17) is 4.74 Å². The van der Waals surface area contributed by atoms with Crippen molar-refractivity contribution in [2.45, 2.75) is 26.0 Å². The fraction of sp³-hybridized carbons (Fsp3) is 0.182. The minimum Gasteiger partial charge on any atom is -0.487 e. The van der Waals surface area contributed by atoms with Gasteiger partial charge in [-0.05, 0) is 30.5 Å². The van der Waals surface area contributed by atoms with E-state index < -0.39 is 0 Å². The highest BCUT2D eigenvalue weighted by Crippen LogP contribution is 2.24. The molecular weight excluding hydrogens is 354 g/mol. The summed E-state index contributed by atoms with van der Waals surface area (Å²) in [5.41, 5.74) is 3.40. The molecule has 0 saturated carbocycles. The maximum absolute atomic E-state index is 5.96. The molecule has 4 nitrogen and oxygen atoms in total. The quantitative estimate of drug-likeness (QED) is 0.424. The predicted molar refractivity (Wildman–Crippen MR) is 109 cm³/mol. The van der Waals surface area contributed by atoms with E-state index in [1.807, 2.05) is 43.0 Å². The Labute approximate surface area is 163 Å². The van der Waals surface area contributed by atoms with Crippen LogP contribution in [0, 0.1) is 0 Å². The molecule has 4 rings (SSSR count). The molecule has 0 N–H and O–H groups in total. The van der Waals surface area contributed by atoms with Crippen molar-refractivity contribution in [1.82, 2.24) is 14.5 Å². The predicted octanol–water partition coefficient (Wildman–Crippen LogP) is 5.22. The van der Waals surface area contributed by atoms with Crippen molar-refractivity contribution in [3.63, 3.8) is 0 Å². The van der Waals surface area contributed by atoms with E-state index in [1.54, 1.807) is 11.3 Å². The largest absolute Gasteiger partial charge is 0.487 e. The molecule has 0 radical (unpaired) electrons. The highest BCUT2D eigenvalue weighted by atomic mass is 32.1. The number of aryl methyl sites for hydroxylation is 2. The number of hydrogen-bond donors (Lipinski definition) is 0. The van der Waals surface area contributed by atoms with Gasteiger partial charge in [-0.1, -0.05) is 42.5 Å². The highest BCUT2D eigenvalue weighted by Gasteiger charge is 2.05. The summed E-state index contributed by atoms with van der Waals surface area (Å²) < 4.78 is 8.07. The van der Waals surface area contributed by atoms with Gasteiger partial charge in [0, 0.05) is 29.9 Å². The lowest BCUT2D eigenvalue weighted by atomic mass is 10.1. The fourth-order valence-corrected chi connectivity index (χ4v) is 3.73. The van der Waals surface area contributed by atoms with Gasteiger partial charge in [0.25, 0.3) is 0 Å². The van der Waals surface area contributed by atoms with Crippen LogP contribution in [-0.4, -0.2) is 14.5 Å². The van der Waals surface area contributed by atoms with Crippen molar-refractivity contribution in [2.24, 2.45) is 0 Å². The first-order valence-electron chi connectivity index (χ1n) is 9.04. The third-order valence-corrected chi connectivity index (χ3v) is 5.24. The molecule has 0 saturated heterocycles. The third-order valence-electron chi connectivity index (χ3n) is 4.30. The maximum Gasteiger partial charge on any atom is 0.131 e. The first-order valence-corrected chi connectivity index (χ1v) is 9.92. The van der Waals surface area contributed by atoms with Crippen molar-refractivity contribution in [3.8, 4) is 16.3 Å². The molecule has 2 heterocycles. The summed E-state index contributed by atoms with van der Waals surface area (Å²) in [7, 11) is 0. The molecule has 0 bridgehead atoms. The second kappa shape index (κ2) is 8.64. The molecule has 5 heteroatoms. The highest BCUT2D eigenvalue weighted by molar-refractivity contribution is 7.13. The van der Waals surface area contributed by atoms with Crippen molar-refractivity contribution in [1.29, 1.82) is 0 Å². The zero-order chi connectivity index (χ0) is 18.3. The lowest BCUT2D eigenvalue weighted by molar-refractivity contribution is 0.302. The maximum atomic E-state index is 5.96. The van der Waals surface area contributed by atoms with Gasteiger partial charge in [-0.3, -0.25) is 0 Å². The van der Waals surface area contributed by atoms with Crippen LogP contribution in [0.25, 0.3) is 10.6 Å². The van der Waals surface area contributed by atoms with Gasteiger partial charge in [0.05, 0.1) is 12.0 Å². The van der Waals surface area contributed by atoms with Crippen molar-refractivity contribution < 1.29 is 4.74 Å². The standard InChI is InChI=1S/C22H21N3OS/c1-2-8-19(9-3-1)22-24-20(16-27-22)15-26-21-10-4-6-18(14-21)7-5-12-25-13-11-23-17-25/h1-4,6,8-11,13-14,16-17H,5,7,12,15H2. The van der Waals surface area contributed by atoms with Crippen molar-refractivity contribution >= 4 is 11.3 Å². The zero-order valence-electron chi connectivity index (χ0n) is 15.0. The van der Waals surface area contributed by atoms with E-state index in [-0.39, 0.29) is 0 Å². The second-order valence-corrected chi connectivity index (χ2v) is 7.21. The van der Waals surface area contributed by atoms with Gasteiger partial charge in [0.1, 0.15) is 17.4 Å². The summed E-state index contributed by atoms with van der Waals surface area (Å²) in [5, 5.41) is 3.10. The average molecular weight is 375 g/mol. The van der Waals surface area contributed by atoms with Crippen LogP contribution in [0.15, 0.2) is 78.7 Å². The third kappa shape index (κ3) is 4.83. The molecule has 4 aromatic rings. The smallest absolute Gasteiger partial charge is 0.131 e. The van der Waals surface area contributed by atoms with E-state index in [9.17, 15) is 0 Å². The van der Waals surface area contributed by atoms with Gasteiger partial charge in [-0.25, -0.2) is 9.97 Å². The number of aromatic nitrogens is 3. The van der Waals surface area contributed by atoms with Crippen LogP contribution < -0.4 is 4.74 Å². The van der Waals surface area contributed by atoms with E-state index in [2.05, 4.69) is 50.2 Å². The Balaban J connectivity index is 1.31. The summed E-state index contributed by atoms with van der Waals surface area (Å²) in [5.74, 6) is 0.893. The SMILES string of the molecule is c1ccc(-c2nc(COc3cccc(CCCn4ccnc4)c3)cs2)cc1. The number of ether oxygens (including phenoxy) is 1. The molecule has 27 heavy (non-hydrogen) atoms. The summed E-state index contributed by atoms with van der Waals surface area (Å²) in [6, 6.07) is 18.6. The molecular formula is C22H21N3OS. The molecule has 0 amide bonds. The van der Waals surface area contributed by atoms with Gasteiger partial charge in [-0.15, -0.1) is 11.3 Å². The van der Waals surface area contributed by atoms with E-state index >= 15 is 0 Å². The first-order chi connectivity index (χ1) is 13.4. The van der Waals surface area contributed by atoms with Gasteiger partial charge in [-0.2, -0.15) is 0 Å². The van der Waals surface area contributed by atoms with Crippen LogP contribution in [-0.2, 0) is 19.6 Å². The number of hydrogen-bond acceptors (Lipinski definition) is 4. The number of imidazole rings is 1. The molecule has 0 atom stereocenters. The Hall–Kier alpha value is -2.92. The zero-order valence-corrected chi connectivity index (χ0v) is 15.8. The summed E-state index contributed by atoms with van der Waals surface area (Å²) in [4.78, 5) is 8.75. The number of thiazole rings is 1. The molecule has 2 aromatic carbocycles. The Kier molecular flexibility index (Phi) is 5.60. The topological polar surface area (TPSA) is 39.9 Å². The van der Waals surface area contributed by atoms with Crippen LogP contribution >= 0.6 is 11.3 Å². The lowest BCUT2D eigenvalue weighted by Crippen LogP contribution is -1.98. The summed E-state index contributed by atoms with van der Waals surface area (Å²) in [6.07, 6.45) is 7.76. The van der Waals surface area contributed by atoms with Gasteiger partial charge < -0.3 is 9.30 Å². The van der Waals surface area contributed by atoms with E-state index in [1.165, 1.54) is 5.56 Å². The van der Waals surface area contributed by atoms with Crippen molar-refractivity contribution in [2.75, 3.05) is 0 Å². The van der Waals surface area contributed by atoms with Crippen molar-refractivity contribution in [3.05, 3.63) is 90.0 Å². The molecule has 0 fully saturated rings. The lowest BCUT2D eigenvalue weighted by Gasteiger charge is -2.07. The molecule has 0 spiro atoms. The monoisotopic (exact) mass is 375 g/mol. The molecule has 0 aliphatic heterocycles. The fourth-order valence-electron chi connectivity index (χ4n) is 2.92. The Morgan fingerprint density at radius 2 is 1.96 bits per heavy atom. The van der Waals surface area contributed by atoms with Crippen LogP contribution in [0.1, 0.15) is 17.7 Å². The molecule has 2 aromatic heterocycles. The van der Waals surface area contributed by atoms with Crippen LogP contribution in [0.2, 0.25) is 0 Å². The number of nitrogens with zero attached hydrogens (tertiary/aromatic N) is 3. The minimum atomic E-state index is 0.488.